The molecular weight excluding hydrogens is 288 g/mol. The largest absolute Gasteiger partial charge is 0.483 e. The van der Waals surface area contributed by atoms with E-state index in [9.17, 15) is 4.79 Å². The van der Waals surface area contributed by atoms with Crippen LogP contribution in [0.25, 0.3) is 0 Å². The van der Waals surface area contributed by atoms with Gasteiger partial charge in [0.05, 0.1) is 0 Å². The molecule has 0 aliphatic heterocycles. The summed E-state index contributed by atoms with van der Waals surface area (Å²) in [6.45, 7) is 3.70. The van der Waals surface area contributed by atoms with E-state index in [1.807, 2.05) is 19.9 Å². The van der Waals surface area contributed by atoms with Crippen molar-refractivity contribution in [2.45, 2.75) is 13.8 Å². The molecule has 2 rings (SSSR count). The molecule has 0 saturated heterocycles. The first kappa shape index (κ1) is 15.2. The minimum Gasteiger partial charge on any atom is -0.483 e. The van der Waals surface area contributed by atoms with Gasteiger partial charge in [0, 0.05) is 16.4 Å². The number of carbonyl (C=O) groups excluding carboxylic acids is 1. The number of nitrogens with one attached hydrogen (secondary N) is 1. The van der Waals surface area contributed by atoms with Gasteiger partial charge in [-0.2, -0.15) is 0 Å². The normalized spacial score (nSPS) is 10.2. The van der Waals surface area contributed by atoms with Crippen molar-refractivity contribution in [1.29, 1.82) is 0 Å². The number of anilines is 2. The van der Waals surface area contributed by atoms with Crippen LogP contribution in [0, 0.1) is 13.8 Å². The van der Waals surface area contributed by atoms with Crippen LogP contribution in [0.4, 0.5) is 11.4 Å². The third-order valence-corrected chi connectivity index (χ3v) is 3.27. The Morgan fingerprint density at radius 3 is 2.67 bits per heavy atom. The van der Waals surface area contributed by atoms with E-state index in [1.165, 1.54) is 0 Å². The number of nitrogens with two attached hydrogens (primary N) is 1. The van der Waals surface area contributed by atoms with Crippen LogP contribution in [-0.4, -0.2) is 12.5 Å². The molecular formula is C16H17ClN2O2. The van der Waals surface area contributed by atoms with Gasteiger partial charge in [-0.05, 0) is 55.3 Å². The van der Waals surface area contributed by atoms with Crippen LogP contribution >= 0.6 is 11.6 Å². The second-order valence-corrected chi connectivity index (χ2v) is 5.26. The Kier molecular flexibility index (Phi) is 4.70. The second kappa shape index (κ2) is 6.50. The monoisotopic (exact) mass is 304 g/mol. The lowest BCUT2D eigenvalue weighted by molar-refractivity contribution is -0.118. The molecule has 0 aliphatic rings. The summed E-state index contributed by atoms with van der Waals surface area (Å²) in [5, 5.41) is 3.36. The van der Waals surface area contributed by atoms with Crippen molar-refractivity contribution in [3.05, 3.63) is 52.5 Å². The molecule has 0 aliphatic carbocycles. The Morgan fingerprint density at radius 1 is 1.19 bits per heavy atom. The van der Waals surface area contributed by atoms with Gasteiger partial charge < -0.3 is 15.8 Å². The number of carbonyl (C=O) groups is 1. The van der Waals surface area contributed by atoms with E-state index in [-0.39, 0.29) is 12.5 Å². The zero-order valence-electron chi connectivity index (χ0n) is 11.9. The highest BCUT2D eigenvalue weighted by molar-refractivity contribution is 6.30. The molecule has 0 fully saturated rings. The van der Waals surface area contributed by atoms with Gasteiger partial charge in [0.2, 0.25) is 0 Å². The minimum atomic E-state index is -0.234. The standard InChI is InChI=1S/C16H17ClN2O2/c1-10-3-4-12(17)8-15(10)21-9-16(20)19-14-6-5-13(18)7-11(14)2/h3-8H,9,18H2,1-2H3,(H,19,20). The van der Waals surface area contributed by atoms with Crippen LogP contribution in [0.1, 0.15) is 11.1 Å². The number of hydrogen-bond donors (Lipinski definition) is 2. The Hall–Kier alpha value is -2.20. The fourth-order valence-electron chi connectivity index (χ4n) is 1.89. The molecule has 2 aromatic rings. The molecule has 0 heterocycles. The topological polar surface area (TPSA) is 64.3 Å². The summed E-state index contributed by atoms with van der Waals surface area (Å²) in [5.41, 5.74) is 8.89. The lowest BCUT2D eigenvalue weighted by Gasteiger charge is -2.11. The van der Waals surface area contributed by atoms with Gasteiger partial charge in [-0.15, -0.1) is 0 Å². The van der Waals surface area contributed by atoms with E-state index in [0.717, 1.165) is 16.8 Å². The van der Waals surface area contributed by atoms with Crippen LogP contribution in [0.3, 0.4) is 0 Å². The smallest absolute Gasteiger partial charge is 0.262 e. The minimum absolute atomic E-state index is 0.0784. The van der Waals surface area contributed by atoms with Crippen LogP contribution in [0.15, 0.2) is 36.4 Å². The third-order valence-electron chi connectivity index (χ3n) is 3.03. The van der Waals surface area contributed by atoms with Crippen molar-refractivity contribution in [2.24, 2.45) is 0 Å². The van der Waals surface area contributed by atoms with Crippen LogP contribution in [-0.2, 0) is 4.79 Å². The van der Waals surface area contributed by atoms with Gasteiger partial charge in [0.25, 0.3) is 5.91 Å². The molecule has 0 radical (unpaired) electrons. The van der Waals surface area contributed by atoms with Crippen molar-refractivity contribution < 1.29 is 9.53 Å². The lowest BCUT2D eigenvalue weighted by Crippen LogP contribution is -2.20. The highest BCUT2D eigenvalue weighted by Gasteiger charge is 2.07. The highest BCUT2D eigenvalue weighted by Crippen LogP contribution is 2.22. The number of aryl methyl sites for hydroxylation is 2. The highest BCUT2D eigenvalue weighted by atomic mass is 35.5. The fourth-order valence-corrected chi connectivity index (χ4v) is 2.05. The number of amides is 1. The summed E-state index contributed by atoms with van der Waals surface area (Å²) in [5.74, 6) is 0.369. The Labute approximate surface area is 128 Å². The molecule has 21 heavy (non-hydrogen) atoms. The quantitative estimate of drug-likeness (QED) is 0.849. The van der Waals surface area contributed by atoms with E-state index in [1.54, 1.807) is 30.3 Å². The summed E-state index contributed by atoms with van der Waals surface area (Å²) >= 11 is 5.91. The maximum atomic E-state index is 11.9. The number of nitrogen functional groups attached to an aromatic ring is 1. The average Bonchev–Trinajstić information content (AvgIpc) is 2.43. The van der Waals surface area contributed by atoms with Crippen LogP contribution in [0.5, 0.6) is 5.75 Å². The Bertz CT molecular complexity index is 671. The summed E-state index contributed by atoms with van der Waals surface area (Å²) < 4.78 is 5.49. The Morgan fingerprint density at radius 2 is 1.95 bits per heavy atom. The molecule has 0 saturated carbocycles. The molecule has 5 heteroatoms. The van der Waals surface area contributed by atoms with Gasteiger partial charge in [-0.25, -0.2) is 0 Å². The van der Waals surface area contributed by atoms with Crippen LogP contribution in [0.2, 0.25) is 5.02 Å². The second-order valence-electron chi connectivity index (χ2n) is 4.82. The van der Waals surface area contributed by atoms with E-state index in [4.69, 9.17) is 22.1 Å². The van der Waals surface area contributed by atoms with Crippen molar-refractivity contribution >= 4 is 28.9 Å². The van der Waals surface area contributed by atoms with Gasteiger partial charge in [0.1, 0.15) is 5.75 Å². The molecule has 0 unspecified atom stereocenters. The van der Waals surface area contributed by atoms with E-state index in [0.29, 0.717) is 16.5 Å². The van der Waals surface area contributed by atoms with Gasteiger partial charge in [0.15, 0.2) is 6.61 Å². The van der Waals surface area contributed by atoms with Crippen molar-refractivity contribution in [3.8, 4) is 5.75 Å². The summed E-state index contributed by atoms with van der Waals surface area (Å²) in [6.07, 6.45) is 0. The molecule has 1 amide bonds. The van der Waals surface area contributed by atoms with E-state index >= 15 is 0 Å². The van der Waals surface area contributed by atoms with Crippen molar-refractivity contribution in [3.63, 3.8) is 0 Å². The molecule has 0 spiro atoms. The first-order chi connectivity index (χ1) is 9.95. The maximum Gasteiger partial charge on any atom is 0.262 e. The molecule has 3 N–H and O–H groups in total. The molecule has 110 valence electrons. The predicted molar refractivity (Wildman–Crippen MR) is 85.9 cm³/mol. The molecule has 0 bridgehead atoms. The van der Waals surface area contributed by atoms with Gasteiger partial charge in [-0.3, -0.25) is 4.79 Å². The van der Waals surface area contributed by atoms with Crippen molar-refractivity contribution in [1.82, 2.24) is 0 Å². The number of rotatable bonds is 4. The number of halogens is 1. The van der Waals surface area contributed by atoms with E-state index < -0.39 is 0 Å². The summed E-state index contributed by atoms with van der Waals surface area (Å²) in [6, 6.07) is 10.6. The maximum absolute atomic E-state index is 11.9. The average molecular weight is 305 g/mol. The molecule has 2 aromatic carbocycles. The molecule has 4 nitrogen and oxygen atoms in total. The zero-order chi connectivity index (χ0) is 15.4. The number of benzene rings is 2. The Balaban J connectivity index is 1.97. The van der Waals surface area contributed by atoms with Crippen molar-refractivity contribution in [2.75, 3.05) is 17.7 Å². The predicted octanol–water partition coefficient (Wildman–Crippen LogP) is 3.56. The third kappa shape index (κ3) is 4.13. The first-order valence-corrected chi connectivity index (χ1v) is 6.88. The number of ether oxygens (including phenoxy) is 1. The molecule has 0 atom stereocenters. The van der Waals surface area contributed by atoms with E-state index in [2.05, 4.69) is 5.32 Å². The first-order valence-electron chi connectivity index (χ1n) is 6.50. The van der Waals surface area contributed by atoms with Crippen LogP contribution < -0.4 is 15.8 Å². The molecule has 0 aromatic heterocycles. The summed E-state index contributed by atoms with van der Waals surface area (Å²) in [7, 11) is 0. The zero-order valence-corrected chi connectivity index (χ0v) is 12.7. The lowest BCUT2D eigenvalue weighted by atomic mass is 10.2. The SMILES string of the molecule is Cc1cc(N)ccc1NC(=O)COc1cc(Cl)ccc1C. The van der Waals surface area contributed by atoms with Gasteiger partial charge in [-0.1, -0.05) is 17.7 Å². The fraction of sp³-hybridized carbons (Fsp3) is 0.188. The number of hydrogen-bond acceptors (Lipinski definition) is 3. The summed E-state index contributed by atoms with van der Waals surface area (Å²) in [4.78, 5) is 11.9. The van der Waals surface area contributed by atoms with Gasteiger partial charge >= 0.3 is 0 Å².